The highest BCUT2D eigenvalue weighted by Crippen LogP contribution is 2.28. The molecule has 32 heavy (non-hydrogen) atoms. The van der Waals surface area contributed by atoms with Gasteiger partial charge in [0, 0.05) is 23.3 Å². The largest absolute Gasteiger partial charge is 0.462 e. The molecule has 0 aliphatic carbocycles. The molecule has 0 rings (SSSR count). The molecule has 0 aliphatic heterocycles. The van der Waals surface area contributed by atoms with Gasteiger partial charge in [0.2, 0.25) is 0 Å². The van der Waals surface area contributed by atoms with Crippen LogP contribution in [0, 0.1) is 0 Å². The smallest absolute Gasteiger partial charge is 0.333 e. The molecule has 7 nitrogen and oxygen atoms in total. The minimum Gasteiger partial charge on any atom is -0.462 e. The molecule has 8 heteroatoms. The molecular formula is C24H40O7Si. The summed E-state index contributed by atoms with van der Waals surface area (Å²) in [6.07, 6.45) is 2.90. The summed E-state index contributed by atoms with van der Waals surface area (Å²) in [6.45, 7) is 19.2. The Bertz CT molecular complexity index is 586. The van der Waals surface area contributed by atoms with Crippen LogP contribution in [-0.4, -0.2) is 52.7 Å². The summed E-state index contributed by atoms with van der Waals surface area (Å²) in [7, 11) is -2.26. The van der Waals surface area contributed by atoms with Crippen molar-refractivity contribution < 1.29 is 33.0 Å². The van der Waals surface area contributed by atoms with E-state index in [1.807, 2.05) is 0 Å². The number of esters is 3. The second-order valence-corrected chi connectivity index (χ2v) is 12.2. The van der Waals surface area contributed by atoms with Gasteiger partial charge in [0.15, 0.2) is 8.32 Å². The fourth-order valence-corrected chi connectivity index (χ4v) is 7.14. The van der Waals surface area contributed by atoms with Gasteiger partial charge in [-0.05, 0) is 64.6 Å². The lowest BCUT2D eigenvalue weighted by atomic mass is 10.4. The van der Waals surface area contributed by atoms with E-state index in [9.17, 15) is 14.4 Å². The molecule has 0 aromatic carbocycles. The van der Waals surface area contributed by atoms with Gasteiger partial charge in [0.1, 0.15) is 0 Å². The Labute approximate surface area is 194 Å². The lowest BCUT2D eigenvalue weighted by Gasteiger charge is -2.32. The molecule has 0 aromatic heterocycles. The van der Waals surface area contributed by atoms with Crippen molar-refractivity contribution in [2.75, 3.05) is 26.4 Å². The normalized spacial score (nSPS) is 10.9. The number of carbonyl (C=O) groups is 3. The van der Waals surface area contributed by atoms with Crippen molar-refractivity contribution in [2.45, 2.75) is 71.5 Å². The average Bonchev–Trinajstić information content (AvgIpc) is 2.74. The first-order chi connectivity index (χ1) is 15.0. The third kappa shape index (κ3) is 13.3. The van der Waals surface area contributed by atoms with Gasteiger partial charge < -0.3 is 18.6 Å². The molecule has 0 aliphatic rings. The van der Waals surface area contributed by atoms with Crippen LogP contribution in [0.1, 0.15) is 53.4 Å². The van der Waals surface area contributed by atoms with Crippen molar-refractivity contribution in [3.63, 3.8) is 0 Å². The number of carbonyl (C=O) groups excluding carboxylic acids is 3. The van der Waals surface area contributed by atoms with Crippen LogP contribution in [0.3, 0.4) is 0 Å². The summed E-state index contributed by atoms with van der Waals surface area (Å²) in [5, 5.41) is 0. The zero-order chi connectivity index (χ0) is 24.6. The van der Waals surface area contributed by atoms with Crippen molar-refractivity contribution in [2.24, 2.45) is 0 Å². The fourth-order valence-electron chi connectivity index (χ4n) is 2.96. The highest BCUT2D eigenvalue weighted by molar-refractivity contribution is 6.73. The Hall–Kier alpha value is -2.19. The Morgan fingerprint density at radius 3 is 1.19 bits per heavy atom. The molecule has 0 radical (unpaired) electrons. The highest BCUT2D eigenvalue weighted by atomic mass is 28.4. The van der Waals surface area contributed by atoms with Crippen molar-refractivity contribution in [1.82, 2.24) is 0 Å². The van der Waals surface area contributed by atoms with Crippen LogP contribution in [-0.2, 0) is 33.0 Å². The van der Waals surface area contributed by atoms with Gasteiger partial charge in [-0.1, -0.05) is 26.7 Å². The lowest BCUT2D eigenvalue weighted by Crippen LogP contribution is -2.39. The van der Waals surface area contributed by atoms with Gasteiger partial charge in [-0.25, -0.2) is 14.4 Å². The van der Waals surface area contributed by atoms with Crippen molar-refractivity contribution >= 4 is 26.2 Å². The molecule has 0 saturated carbocycles. The van der Waals surface area contributed by atoms with Crippen LogP contribution >= 0.6 is 0 Å². The number of hydrogen-bond donors (Lipinski definition) is 0. The first-order valence-corrected chi connectivity index (χ1v) is 13.7. The molecule has 0 heterocycles. The van der Waals surface area contributed by atoms with Crippen LogP contribution in [0.4, 0.5) is 0 Å². The SMILES string of the molecule is C=C(C)C(=O)OCCC[Si](CCCOC(=O)C(=C)C)(CCCOC(=O)C(=C)C)OCCC. The molecule has 0 saturated heterocycles. The van der Waals surface area contributed by atoms with Crippen molar-refractivity contribution in [3.05, 3.63) is 36.5 Å². The fraction of sp³-hybridized carbons (Fsp3) is 0.625. The van der Waals surface area contributed by atoms with Gasteiger partial charge in [-0.3, -0.25) is 0 Å². The molecular weight excluding hydrogens is 428 g/mol. The van der Waals surface area contributed by atoms with Crippen LogP contribution in [0.25, 0.3) is 0 Å². The number of ether oxygens (including phenoxy) is 3. The zero-order valence-electron chi connectivity index (χ0n) is 20.3. The molecule has 0 unspecified atom stereocenters. The van der Waals surface area contributed by atoms with E-state index in [2.05, 4.69) is 26.7 Å². The van der Waals surface area contributed by atoms with Gasteiger partial charge in [0.25, 0.3) is 0 Å². The minimum atomic E-state index is -2.26. The van der Waals surface area contributed by atoms with Crippen LogP contribution in [0.15, 0.2) is 36.5 Å². The van der Waals surface area contributed by atoms with E-state index >= 15 is 0 Å². The maximum atomic E-state index is 11.6. The third-order valence-electron chi connectivity index (χ3n) is 4.69. The maximum Gasteiger partial charge on any atom is 0.333 e. The zero-order valence-corrected chi connectivity index (χ0v) is 21.3. The van der Waals surface area contributed by atoms with E-state index in [4.69, 9.17) is 18.6 Å². The summed E-state index contributed by atoms with van der Waals surface area (Å²) in [6, 6.07) is 2.37. The van der Waals surface area contributed by atoms with E-state index < -0.39 is 26.2 Å². The third-order valence-corrected chi connectivity index (χ3v) is 9.30. The summed E-state index contributed by atoms with van der Waals surface area (Å²) in [5.74, 6) is -1.19. The molecule has 0 atom stereocenters. The Kier molecular flexibility index (Phi) is 15.3. The first kappa shape index (κ1) is 29.8. The lowest BCUT2D eigenvalue weighted by molar-refractivity contribution is -0.139. The second-order valence-electron chi connectivity index (χ2n) is 8.09. The number of rotatable bonds is 18. The molecule has 0 amide bonds. The Morgan fingerprint density at radius 1 is 0.625 bits per heavy atom. The summed E-state index contributed by atoms with van der Waals surface area (Å²) < 4.78 is 22.1. The maximum absolute atomic E-state index is 11.6. The first-order valence-electron chi connectivity index (χ1n) is 11.2. The molecule has 0 N–H and O–H groups in total. The molecule has 0 fully saturated rings. The summed E-state index contributed by atoms with van der Waals surface area (Å²) in [5.41, 5.74) is 1.11. The molecule has 0 bridgehead atoms. The van der Waals surface area contributed by atoms with E-state index in [-0.39, 0.29) is 0 Å². The topological polar surface area (TPSA) is 88.1 Å². The Balaban J connectivity index is 5.02. The summed E-state index contributed by atoms with van der Waals surface area (Å²) >= 11 is 0. The summed E-state index contributed by atoms with van der Waals surface area (Å²) in [4.78, 5) is 34.9. The predicted molar refractivity (Wildman–Crippen MR) is 128 cm³/mol. The number of hydrogen-bond acceptors (Lipinski definition) is 7. The van der Waals surface area contributed by atoms with Gasteiger partial charge >= 0.3 is 17.9 Å². The van der Waals surface area contributed by atoms with E-state index in [0.717, 1.165) is 24.6 Å². The highest BCUT2D eigenvalue weighted by Gasteiger charge is 2.34. The quantitative estimate of drug-likeness (QED) is 0.0930. The van der Waals surface area contributed by atoms with Crippen LogP contribution in [0.5, 0.6) is 0 Å². The monoisotopic (exact) mass is 468 g/mol. The van der Waals surface area contributed by atoms with Crippen molar-refractivity contribution in [3.8, 4) is 0 Å². The van der Waals surface area contributed by atoms with E-state index in [1.54, 1.807) is 20.8 Å². The standard InChI is InChI=1S/C24H40O7Si/c1-8-12-31-32(16-9-13-28-22(25)19(2)3,17-10-14-29-23(26)20(4)5)18-11-15-30-24(27)21(6)7/h2,4,6,8-18H2,1,3,5,7H3. The molecule has 182 valence electrons. The molecule has 0 spiro atoms. The van der Waals surface area contributed by atoms with E-state index in [0.29, 0.717) is 62.4 Å². The van der Waals surface area contributed by atoms with Gasteiger partial charge in [-0.15, -0.1) is 0 Å². The van der Waals surface area contributed by atoms with Gasteiger partial charge in [-0.2, -0.15) is 0 Å². The van der Waals surface area contributed by atoms with Crippen LogP contribution < -0.4 is 0 Å². The van der Waals surface area contributed by atoms with Gasteiger partial charge in [0.05, 0.1) is 19.8 Å². The van der Waals surface area contributed by atoms with Crippen molar-refractivity contribution in [1.29, 1.82) is 0 Å². The van der Waals surface area contributed by atoms with Crippen LogP contribution in [0.2, 0.25) is 18.1 Å². The second kappa shape index (κ2) is 16.4. The predicted octanol–water partition coefficient (Wildman–Crippen LogP) is 4.89. The molecule has 0 aromatic rings. The minimum absolute atomic E-state index is 0.297. The average molecular weight is 469 g/mol. The van der Waals surface area contributed by atoms with E-state index in [1.165, 1.54) is 0 Å². The Morgan fingerprint density at radius 2 is 0.938 bits per heavy atom.